The number of para-hydroxylation sites is 1. The van der Waals surface area contributed by atoms with Crippen molar-refractivity contribution in [1.82, 2.24) is 9.97 Å². The highest BCUT2D eigenvalue weighted by Gasteiger charge is 1.98. The molecule has 16 heavy (non-hydrogen) atoms. The summed E-state index contributed by atoms with van der Waals surface area (Å²) in [6, 6.07) is 11.9. The van der Waals surface area contributed by atoms with Gasteiger partial charge in [0.1, 0.15) is 0 Å². The maximum atomic E-state index is 4.31. The number of hydrogen-bond donors (Lipinski definition) is 1. The molecule has 0 bridgehead atoms. The Morgan fingerprint density at radius 2 is 1.50 bits per heavy atom. The zero-order valence-corrected chi connectivity index (χ0v) is 8.86. The lowest BCUT2D eigenvalue weighted by Crippen LogP contribution is -1.99. The molecule has 0 saturated carbocycles. The summed E-state index contributed by atoms with van der Waals surface area (Å²) in [5.74, 6) is 0.652. The van der Waals surface area contributed by atoms with E-state index in [0.29, 0.717) is 5.95 Å². The summed E-state index contributed by atoms with van der Waals surface area (Å²) >= 11 is 0. The summed E-state index contributed by atoms with van der Waals surface area (Å²) in [6.45, 7) is 3.93. The second kappa shape index (κ2) is 5.26. The Morgan fingerprint density at radius 3 is 2.06 bits per heavy atom. The Labute approximate surface area is 96.6 Å². The second-order valence-electron chi connectivity index (χ2n) is 3.47. The molecule has 3 heteroatoms. The Bertz CT molecular complexity index is 432. The molecule has 0 amide bonds. The predicted molar refractivity (Wildman–Crippen MR) is 68.0 cm³/mol. The topological polar surface area (TPSA) is 37.8 Å². The first kappa shape index (κ1) is 12.2. The molecule has 3 nitrogen and oxygen atoms in total. The molecular formula is C13H17N3. The Kier molecular flexibility index (Phi) is 4.00. The number of rotatable bonds is 2. The number of nitrogens with one attached hydrogen (secondary N) is 1. The molecule has 0 aliphatic carbocycles. The molecule has 0 radical (unpaired) electrons. The van der Waals surface area contributed by atoms with Crippen molar-refractivity contribution < 1.29 is 0 Å². The fraction of sp³-hybridized carbons (Fsp3) is 0.231. The number of aryl methyl sites for hydroxylation is 2. The number of benzene rings is 1. The van der Waals surface area contributed by atoms with Crippen LogP contribution in [-0.2, 0) is 0 Å². The van der Waals surface area contributed by atoms with Crippen LogP contribution in [0.25, 0.3) is 0 Å². The van der Waals surface area contributed by atoms with Gasteiger partial charge >= 0.3 is 0 Å². The predicted octanol–water partition coefficient (Wildman–Crippen LogP) is 3.47. The third-order valence-electron chi connectivity index (χ3n) is 2.01. The summed E-state index contributed by atoms with van der Waals surface area (Å²) in [5, 5.41) is 3.16. The van der Waals surface area contributed by atoms with Crippen LogP contribution in [-0.4, -0.2) is 9.97 Å². The zero-order chi connectivity index (χ0) is 10.7. The molecule has 1 aromatic heterocycles. The quantitative estimate of drug-likeness (QED) is 0.833. The van der Waals surface area contributed by atoms with Crippen molar-refractivity contribution in [3.63, 3.8) is 0 Å². The maximum absolute atomic E-state index is 4.31. The van der Waals surface area contributed by atoms with Crippen LogP contribution >= 0.6 is 0 Å². The first-order valence-corrected chi connectivity index (χ1v) is 4.88. The van der Waals surface area contributed by atoms with E-state index in [1.165, 1.54) is 0 Å². The van der Waals surface area contributed by atoms with Gasteiger partial charge in [0.15, 0.2) is 0 Å². The largest absolute Gasteiger partial charge is 0.324 e. The summed E-state index contributed by atoms with van der Waals surface area (Å²) in [4.78, 5) is 8.61. The highest BCUT2D eigenvalue weighted by Crippen LogP contribution is 2.12. The van der Waals surface area contributed by atoms with E-state index in [9.17, 15) is 0 Å². The summed E-state index contributed by atoms with van der Waals surface area (Å²) < 4.78 is 0. The van der Waals surface area contributed by atoms with E-state index in [0.717, 1.165) is 17.1 Å². The van der Waals surface area contributed by atoms with Crippen molar-refractivity contribution >= 4 is 11.6 Å². The SMILES string of the molecule is C.Cc1cc(C)nc(Nc2ccccc2)n1. The normalized spacial score (nSPS) is 9.38. The molecule has 2 aromatic rings. The standard InChI is InChI=1S/C12H13N3.CH4/c1-9-8-10(2)14-12(13-9)15-11-6-4-3-5-7-11;/h3-8H,1-2H3,(H,13,14,15);1H4. The van der Waals surface area contributed by atoms with Crippen molar-refractivity contribution in [1.29, 1.82) is 0 Å². The smallest absolute Gasteiger partial charge is 0.227 e. The Balaban J connectivity index is 0.00000128. The average Bonchev–Trinajstić information content (AvgIpc) is 2.17. The number of nitrogens with zero attached hydrogens (tertiary/aromatic N) is 2. The molecule has 84 valence electrons. The van der Waals surface area contributed by atoms with E-state index in [-0.39, 0.29) is 7.43 Å². The first-order chi connectivity index (χ1) is 7.24. The minimum absolute atomic E-state index is 0. The monoisotopic (exact) mass is 215 g/mol. The van der Waals surface area contributed by atoms with Gasteiger partial charge in [-0.2, -0.15) is 0 Å². The van der Waals surface area contributed by atoms with E-state index in [4.69, 9.17) is 0 Å². The number of hydrogen-bond acceptors (Lipinski definition) is 3. The molecule has 0 aliphatic heterocycles. The molecule has 0 fully saturated rings. The van der Waals surface area contributed by atoms with Crippen LogP contribution in [0.3, 0.4) is 0 Å². The lowest BCUT2D eigenvalue weighted by atomic mass is 10.3. The third-order valence-corrected chi connectivity index (χ3v) is 2.01. The van der Waals surface area contributed by atoms with Gasteiger partial charge in [0.25, 0.3) is 0 Å². The Morgan fingerprint density at radius 1 is 0.938 bits per heavy atom. The van der Waals surface area contributed by atoms with Crippen molar-refractivity contribution in [2.45, 2.75) is 21.3 Å². The van der Waals surface area contributed by atoms with Crippen LogP contribution in [0.15, 0.2) is 36.4 Å². The van der Waals surface area contributed by atoms with Gasteiger partial charge in [-0.05, 0) is 32.0 Å². The molecule has 1 aromatic carbocycles. The molecule has 1 heterocycles. The number of aromatic nitrogens is 2. The second-order valence-corrected chi connectivity index (χ2v) is 3.47. The molecule has 0 spiro atoms. The minimum Gasteiger partial charge on any atom is -0.324 e. The molecule has 0 aliphatic rings. The van der Waals surface area contributed by atoms with E-state index < -0.39 is 0 Å². The van der Waals surface area contributed by atoms with Crippen molar-refractivity contribution in [3.8, 4) is 0 Å². The van der Waals surface area contributed by atoms with E-state index in [1.807, 2.05) is 50.2 Å². The fourth-order valence-corrected chi connectivity index (χ4v) is 1.43. The molecule has 0 unspecified atom stereocenters. The van der Waals surface area contributed by atoms with Crippen LogP contribution in [0.2, 0.25) is 0 Å². The minimum atomic E-state index is 0. The average molecular weight is 215 g/mol. The van der Waals surface area contributed by atoms with Gasteiger partial charge in [-0.25, -0.2) is 9.97 Å². The van der Waals surface area contributed by atoms with Crippen LogP contribution < -0.4 is 5.32 Å². The third kappa shape index (κ3) is 3.05. The first-order valence-electron chi connectivity index (χ1n) is 4.88. The van der Waals surface area contributed by atoms with Crippen molar-refractivity contribution in [3.05, 3.63) is 47.8 Å². The van der Waals surface area contributed by atoms with Crippen molar-refractivity contribution in [2.24, 2.45) is 0 Å². The van der Waals surface area contributed by atoms with E-state index >= 15 is 0 Å². The van der Waals surface area contributed by atoms with Crippen molar-refractivity contribution in [2.75, 3.05) is 5.32 Å². The van der Waals surface area contributed by atoms with Crippen LogP contribution in [0.1, 0.15) is 18.8 Å². The fourth-order valence-electron chi connectivity index (χ4n) is 1.43. The van der Waals surface area contributed by atoms with E-state index in [1.54, 1.807) is 0 Å². The van der Waals surface area contributed by atoms with Crippen LogP contribution in [0, 0.1) is 13.8 Å². The highest BCUT2D eigenvalue weighted by atomic mass is 15.1. The Hall–Kier alpha value is -1.90. The zero-order valence-electron chi connectivity index (χ0n) is 8.86. The summed E-state index contributed by atoms with van der Waals surface area (Å²) in [5.41, 5.74) is 2.95. The molecule has 1 N–H and O–H groups in total. The summed E-state index contributed by atoms with van der Waals surface area (Å²) in [6.07, 6.45) is 0. The van der Waals surface area contributed by atoms with Gasteiger partial charge in [-0.15, -0.1) is 0 Å². The molecule has 2 rings (SSSR count). The van der Waals surface area contributed by atoms with Gasteiger partial charge in [0.05, 0.1) is 0 Å². The molecule has 0 saturated heterocycles. The van der Waals surface area contributed by atoms with Gasteiger partial charge < -0.3 is 5.32 Å². The van der Waals surface area contributed by atoms with Gasteiger partial charge in [0.2, 0.25) is 5.95 Å². The lowest BCUT2D eigenvalue weighted by Gasteiger charge is -2.05. The summed E-state index contributed by atoms with van der Waals surface area (Å²) in [7, 11) is 0. The van der Waals surface area contributed by atoms with Crippen LogP contribution in [0.5, 0.6) is 0 Å². The van der Waals surface area contributed by atoms with E-state index in [2.05, 4.69) is 15.3 Å². The molecular weight excluding hydrogens is 198 g/mol. The maximum Gasteiger partial charge on any atom is 0.227 e. The molecule has 0 atom stereocenters. The van der Waals surface area contributed by atoms with Gasteiger partial charge in [0, 0.05) is 17.1 Å². The highest BCUT2D eigenvalue weighted by molar-refractivity contribution is 5.52. The van der Waals surface area contributed by atoms with Gasteiger partial charge in [-0.3, -0.25) is 0 Å². The number of anilines is 2. The lowest BCUT2D eigenvalue weighted by molar-refractivity contribution is 1.06. The van der Waals surface area contributed by atoms with Gasteiger partial charge in [-0.1, -0.05) is 25.6 Å². The van der Waals surface area contributed by atoms with Crippen LogP contribution in [0.4, 0.5) is 11.6 Å².